The summed E-state index contributed by atoms with van der Waals surface area (Å²) in [5.74, 6) is 0. The summed E-state index contributed by atoms with van der Waals surface area (Å²) >= 11 is 0. The second-order valence-electron chi connectivity index (χ2n) is 13.7. The Morgan fingerprint density at radius 3 is 1.09 bits per heavy atom. The van der Waals surface area contributed by atoms with E-state index < -0.39 is 0 Å². The van der Waals surface area contributed by atoms with E-state index in [1.807, 2.05) is 60.7 Å². The van der Waals surface area contributed by atoms with E-state index in [4.69, 9.17) is 0 Å². The molecule has 8 bridgehead atoms. The Morgan fingerprint density at radius 2 is 0.690 bits per heavy atom. The average Bonchev–Trinajstić information content (AvgIpc) is 4.11. The minimum atomic E-state index is 0. The van der Waals surface area contributed by atoms with Gasteiger partial charge in [-0.25, -0.2) is 9.97 Å². The molecule has 11 rings (SSSR count). The Hall–Kier alpha value is -6.48. The first-order chi connectivity index (χ1) is 27.7. The van der Waals surface area contributed by atoms with Crippen LogP contribution < -0.4 is 4.90 Å². The van der Waals surface area contributed by atoms with Crippen LogP contribution in [0.2, 0.25) is 0 Å². The number of hydrogen-bond donors (Lipinski definition) is 2. The summed E-state index contributed by atoms with van der Waals surface area (Å²) in [4.78, 5) is 18.3. The van der Waals surface area contributed by atoms with E-state index in [0.29, 0.717) is 0 Å². The molecule has 0 saturated carbocycles. The van der Waals surface area contributed by atoms with Gasteiger partial charge in [0, 0.05) is 74.0 Å². The summed E-state index contributed by atoms with van der Waals surface area (Å²) in [5, 5.41) is 0. The van der Waals surface area contributed by atoms with Crippen molar-refractivity contribution >= 4 is 98.3 Å². The molecule has 0 fully saturated rings. The largest absolute Gasteiger partial charge is 0.355 e. The molecule has 2 N–H and O–H groups in total. The normalized spacial score (nSPS) is 11.3. The van der Waals surface area contributed by atoms with Gasteiger partial charge in [0.15, 0.2) is 0 Å². The predicted octanol–water partition coefficient (Wildman–Crippen LogP) is 12.3. The number of nitrogens with one attached hydrogen (secondary N) is 2. The van der Waals surface area contributed by atoms with Crippen molar-refractivity contribution in [2.24, 2.45) is 0 Å². The smallest absolute Gasteiger partial charge is 0.0659 e. The zero-order chi connectivity index (χ0) is 37.5. The monoisotopic (exact) mass is 869 g/mol. The van der Waals surface area contributed by atoms with Crippen molar-refractivity contribution in [2.45, 2.75) is 6.42 Å². The predicted molar refractivity (Wildman–Crippen MR) is 246 cm³/mol. The SMILES string of the molecule is C1=Cc2cc3ccc(cc4ccc(cc5nc(cc1n2)C=C5)[nH]4)[nH]3.[Si].[Sn].c1ccc(N(c2ccccc2)c2ccccc2)cc1.c1ccc2c(c1)Cc1ccccc1-2. The summed E-state index contributed by atoms with van der Waals surface area (Å²) in [5.41, 5.74) is 17.1. The van der Waals surface area contributed by atoms with Gasteiger partial charge in [0.25, 0.3) is 0 Å². The van der Waals surface area contributed by atoms with Crippen LogP contribution in [0.3, 0.4) is 0 Å². The summed E-state index contributed by atoms with van der Waals surface area (Å²) in [6, 6.07) is 65.0. The van der Waals surface area contributed by atoms with E-state index in [-0.39, 0.29) is 34.9 Å². The molecule has 5 nitrogen and oxygen atoms in total. The zero-order valence-corrected chi connectivity index (χ0v) is 35.6. The Bertz CT molecular complexity index is 2620. The van der Waals surface area contributed by atoms with Gasteiger partial charge < -0.3 is 14.9 Å². The molecule has 0 spiro atoms. The van der Waals surface area contributed by atoms with E-state index in [2.05, 4.69) is 176 Å². The molecule has 58 heavy (non-hydrogen) atoms. The van der Waals surface area contributed by atoms with E-state index in [9.17, 15) is 0 Å². The first kappa shape index (κ1) is 39.7. The van der Waals surface area contributed by atoms with Crippen LogP contribution in [0.25, 0.3) is 57.5 Å². The zero-order valence-electron chi connectivity index (χ0n) is 31.8. The summed E-state index contributed by atoms with van der Waals surface area (Å²) in [6.45, 7) is 0. The molecule has 2 aliphatic heterocycles. The molecule has 276 valence electrons. The molecule has 3 aromatic heterocycles. The number of hydrogen-bond acceptors (Lipinski definition) is 3. The Kier molecular flexibility index (Phi) is 12.8. The molecule has 0 saturated heterocycles. The van der Waals surface area contributed by atoms with Gasteiger partial charge in [0.1, 0.15) is 0 Å². The number of para-hydroxylation sites is 3. The van der Waals surface area contributed by atoms with Crippen molar-refractivity contribution in [2.75, 3.05) is 4.90 Å². The van der Waals surface area contributed by atoms with Crippen LogP contribution in [0.1, 0.15) is 33.9 Å². The Balaban J connectivity index is 0.000000136. The van der Waals surface area contributed by atoms with Gasteiger partial charge in [-0.05, 0) is 138 Å². The van der Waals surface area contributed by atoms with Crippen LogP contribution >= 0.6 is 0 Å². The Morgan fingerprint density at radius 1 is 0.362 bits per heavy atom. The van der Waals surface area contributed by atoms with Crippen LogP contribution in [0.15, 0.2) is 188 Å². The topological polar surface area (TPSA) is 60.6 Å². The van der Waals surface area contributed by atoms with Gasteiger partial charge in [-0.15, -0.1) is 0 Å². The van der Waals surface area contributed by atoms with Gasteiger partial charge >= 0.3 is 0 Å². The van der Waals surface area contributed by atoms with Crippen molar-refractivity contribution in [1.29, 1.82) is 0 Å². The fourth-order valence-electron chi connectivity index (χ4n) is 7.20. The summed E-state index contributed by atoms with van der Waals surface area (Å²) < 4.78 is 0. The molecule has 0 unspecified atom stereocenters. The number of H-pyrrole nitrogens is 2. The third-order valence-electron chi connectivity index (χ3n) is 9.79. The number of anilines is 3. The molecule has 8 radical (unpaired) electrons. The third-order valence-corrected chi connectivity index (χ3v) is 9.79. The molecule has 3 aliphatic rings. The average molecular weight is 869 g/mol. The van der Waals surface area contributed by atoms with Gasteiger partial charge in [0.05, 0.1) is 22.8 Å². The maximum atomic E-state index is 4.62. The van der Waals surface area contributed by atoms with E-state index in [0.717, 1.165) is 51.3 Å². The summed E-state index contributed by atoms with van der Waals surface area (Å²) in [7, 11) is 0. The van der Waals surface area contributed by atoms with Crippen molar-refractivity contribution < 1.29 is 0 Å². The van der Waals surface area contributed by atoms with Crippen LogP contribution in [-0.2, 0) is 6.42 Å². The fraction of sp³-hybridized carbons (Fsp3) is 0.0196. The number of aromatic nitrogens is 4. The first-order valence-electron chi connectivity index (χ1n) is 18.9. The quantitative estimate of drug-likeness (QED) is 0.174. The standard InChI is InChI=1S/C20H14N4.C18H15N.C13H10.Si.Sn/c1-2-14-10-16-5-6-18(23-16)12-20-8-7-19(24-20)11-17-4-3-15(22-17)9-13(1)21-14;1-4-10-16(11-5-1)19(17-12-6-2-7-13-17)18-14-8-3-9-15-18;1-3-7-12-10(5-1)9-11-6-2-4-8-13(11)12;;/h1-12,21-22H;1-15H;1-8H,9H2;;. The van der Waals surface area contributed by atoms with Crippen LogP contribution in [-0.4, -0.2) is 54.8 Å². The van der Waals surface area contributed by atoms with Crippen LogP contribution in [0.5, 0.6) is 0 Å². The van der Waals surface area contributed by atoms with Crippen molar-refractivity contribution in [3.8, 4) is 11.1 Å². The minimum absolute atomic E-state index is 0. The first-order valence-corrected chi connectivity index (χ1v) is 18.9. The number of fused-ring (bicyclic) bond motifs is 11. The van der Waals surface area contributed by atoms with Gasteiger partial charge in [-0.2, -0.15) is 0 Å². The maximum Gasteiger partial charge on any atom is 0.0659 e. The summed E-state index contributed by atoms with van der Waals surface area (Å²) in [6.07, 6.45) is 9.15. The molecule has 5 heterocycles. The second kappa shape index (κ2) is 18.6. The number of aromatic amines is 2. The second-order valence-corrected chi connectivity index (χ2v) is 13.7. The number of nitrogens with zero attached hydrogens (tertiary/aromatic N) is 3. The third kappa shape index (κ3) is 9.37. The minimum Gasteiger partial charge on any atom is -0.355 e. The molecule has 7 heteroatoms. The van der Waals surface area contributed by atoms with Crippen molar-refractivity contribution in [1.82, 2.24) is 19.9 Å². The van der Waals surface area contributed by atoms with Crippen LogP contribution in [0, 0.1) is 0 Å². The number of rotatable bonds is 3. The Labute approximate surface area is 360 Å². The molecule has 0 amide bonds. The van der Waals surface area contributed by atoms with Crippen molar-refractivity contribution in [3.63, 3.8) is 0 Å². The molecule has 5 aromatic carbocycles. The van der Waals surface area contributed by atoms with Crippen LogP contribution in [0.4, 0.5) is 17.1 Å². The van der Waals surface area contributed by atoms with Gasteiger partial charge in [0.2, 0.25) is 0 Å². The maximum absolute atomic E-state index is 4.62. The van der Waals surface area contributed by atoms with E-state index in [1.165, 1.54) is 39.3 Å². The van der Waals surface area contributed by atoms with Gasteiger partial charge in [-0.3, -0.25) is 0 Å². The molecular formula is C51H39N5SiSn. The fourth-order valence-corrected chi connectivity index (χ4v) is 7.20. The van der Waals surface area contributed by atoms with E-state index in [1.54, 1.807) is 0 Å². The molecular weight excluding hydrogens is 829 g/mol. The van der Waals surface area contributed by atoms with E-state index >= 15 is 0 Å². The molecule has 0 atom stereocenters. The van der Waals surface area contributed by atoms with Gasteiger partial charge in [-0.1, -0.05) is 103 Å². The number of benzene rings is 5. The molecule has 1 aliphatic carbocycles. The molecule has 8 aromatic rings. The van der Waals surface area contributed by atoms with Crippen molar-refractivity contribution in [3.05, 3.63) is 222 Å².